The summed E-state index contributed by atoms with van der Waals surface area (Å²) in [5, 5.41) is 0. The number of ether oxygens (including phenoxy) is 1. The van der Waals surface area contributed by atoms with E-state index >= 15 is 0 Å². The summed E-state index contributed by atoms with van der Waals surface area (Å²) >= 11 is 0. The molecule has 0 N–H and O–H groups in total. The molecule has 0 aromatic heterocycles. The molecule has 1 aliphatic rings. The molecule has 1 atom stereocenters. The first-order valence-corrected chi connectivity index (χ1v) is 10.1. The molecule has 1 fully saturated rings. The largest absolute Gasteiger partial charge is 0.453 e. The zero-order valence-corrected chi connectivity index (χ0v) is 17.8. The van der Waals surface area contributed by atoms with Gasteiger partial charge in [-0.1, -0.05) is 39.8 Å². The minimum atomic E-state index is -0.213. The van der Waals surface area contributed by atoms with Crippen molar-refractivity contribution in [2.45, 2.75) is 77.9 Å². The number of esters is 1. The lowest BCUT2D eigenvalue weighted by Gasteiger charge is -2.42. The molecule has 3 nitrogen and oxygen atoms in total. The maximum Gasteiger partial charge on any atom is 0.338 e. The van der Waals surface area contributed by atoms with Gasteiger partial charge in [-0.25, -0.2) is 4.79 Å². The number of hydrogen-bond acceptors (Lipinski definition) is 2. The minimum Gasteiger partial charge on any atom is -0.453 e. The second-order valence-electron chi connectivity index (χ2n) is 9.92. The molecule has 26 heavy (non-hydrogen) atoms. The van der Waals surface area contributed by atoms with E-state index in [1.54, 1.807) is 0 Å². The predicted molar refractivity (Wildman–Crippen MR) is 108 cm³/mol. The van der Waals surface area contributed by atoms with Crippen molar-refractivity contribution < 1.29 is 14.0 Å². The summed E-state index contributed by atoms with van der Waals surface area (Å²) in [7, 11) is 4.56. The number of nitrogens with zero attached hydrogens (tertiary/aromatic N) is 1. The molecular weight excluding hydrogens is 322 g/mol. The Morgan fingerprint density at radius 3 is 2.15 bits per heavy atom. The van der Waals surface area contributed by atoms with Crippen molar-refractivity contribution >= 4 is 5.97 Å². The van der Waals surface area contributed by atoms with Crippen molar-refractivity contribution in [1.82, 2.24) is 0 Å². The fourth-order valence-electron chi connectivity index (χ4n) is 4.15. The van der Waals surface area contributed by atoms with Gasteiger partial charge in [0, 0.05) is 0 Å². The Kier molecular flexibility index (Phi) is 6.55. The smallest absolute Gasteiger partial charge is 0.338 e. The molecule has 0 spiro atoms. The van der Waals surface area contributed by atoms with Gasteiger partial charge in [0.2, 0.25) is 0 Å². The number of quaternary nitrogens is 1. The molecule has 2 rings (SSSR count). The van der Waals surface area contributed by atoms with Gasteiger partial charge < -0.3 is 9.22 Å². The highest BCUT2D eigenvalue weighted by Crippen LogP contribution is 2.30. The van der Waals surface area contributed by atoms with Gasteiger partial charge in [-0.15, -0.1) is 0 Å². The molecular formula is C23H38NO2+. The van der Waals surface area contributed by atoms with Crippen molar-refractivity contribution in [3.05, 3.63) is 35.4 Å². The van der Waals surface area contributed by atoms with E-state index < -0.39 is 0 Å². The molecule has 0 bridgehead atoms. The van der Waals surface area contributed by atoms with Crippen LogP contribution in [0.15, 0.2) is 24.3 Å². The van der Waals surface area contributed by atoms with Crippen molar-refractivity contribution in [2.24, 2.45) is 5.92 Å². The molecule has 3 heteroatoms. The Morgan fingerprint density at radius 1 is 1.12 bits per heavy atom. The van der Waals surface area contributed by atoms with E-state index in [0.29, 0.717) is 11.6 Å². The van der Waals surface area contributed by atoms with Gasteiger partial charge >= 0.3 is 5.97 Å². The summed E-state index contributed by atoms with van der Waals surface area (Å²) in [5.74, 6) is 0.646. The van der Waals surface area contributed by atoms with E-state index in [-0.39, 0.29) is 17.5 Å². The average molecular weight is 361 g/mol. The van der Waals surface area contributed by atoms with Gasteiger partial charge in [-0.05, 0) is 61.6 Å². The summed E-state index contributed by atoms with van der Waals surface area (Å²) < 4.78 is 6.69. The molecule has 1 aromatic rings. The fourth-order valence-corrected chi connectivity index (χ4v) is 4.15. The third kappa shape index (κ3) is 5.57. The van der Waals surface area contributed by atoms with Gasteiger partial charge in [0.25, 0.3) is 0 Å². The van der Waals surface area contributed by atoms with Gasteiger partial charge in [0.15, 0.2) is 0 Å². The Bertz CT molecular complexity index is 590. The van der Waals surface area contributed by atoms with Gasteiger partial charge in [0.05, 0.1) is 25.7 Å². The average Bonchev–Trinajstić information content (AvgIpc) is 2.54. The van der Waals surface area contributed by atoms with Gasteiger partial charge in [-0.3, -0.25) is 0 Å². The molecule has 1 saturated carbocycles. The van der Waals surface area contributed by atoms with Crippen LogP contribution in [0, 0.1) is 5.92 Å². The van der Waals surface area contributed by atoms with Gasteiger partial charge in [0.1, 0.15) is 12.6 Å². The number of rotatable bonds is 5. The van der Waals surface area contributed by atoms with E-state index in [1.165, 1.54) is 31.2 Å². The lowest BCUT2D eigenvalue weighted by atomic mass is 9.86. The van der Waals surface area contributed by atoms with Crippen LogP contribution in [0.1, 0.15) is 76.2 Å². The molecule has 1 aliphatic carbocycles. The molecule has 0 aliphatic heterocycles. The second-order valence-corrected chi connectivity index (χ2v) is 9.92. The lowest BCUT2D eigenvalue weighted by Crippen LogP contribution is -2.53. The first-order valence-electron chi connectivity index (χ1n) is 10.1. The van der Waals surface area contributed by atoms with Crippen molar-refractivity contribution in [1.29, 1.82) is 0 Å². The van der Waals surface area contributed by atoms with Crippen LogP contribution < -0.4 is 0 Å². The molecule has 0 saturated heterocycles. The Labute approximate surface area is 160 Å². The topological polar surface area (TPSA) is 26.3 Å². The normalized spacial score (nSPS) is 22.7. The van der Waals surface area contributed by atoms with Crippen LogP contribution in [-0.2, 0) is 10.2 Å². The van der Waals surface area contributed by atoms with Crippen LogP contribution in [0.2, 0.25) is 0 Å². The van der Waals surface area contributed by atoms with Crippen molar-refractivity contribution in [2.75, 3.05) is 20.6 Å². The Hall–Kier alpha value is -1.35. The molecule has 0 amide bonds. The molecule has 0 radical (unpaired) electrons. The Balaban J connectivity index is 1.92. The van der Waals surface area contributed by atoms with Crippen molar-refractivity contribution in [3.63, 3.8) is 0 Å². The first-order chi connectivity index (χ1) is 12.0. The highest BCUT2D eigenvalue weighted by atomic mass is 16.5. The third-order valence-corrected chi connectivity index (χ3v) is 6.00. The van der Waals surface area contributed by atoms with Gasteiger partial charge in [-0.2, -0.15) is 0 Å². The van der Waals surface area contributed by atoms with E-state index in [2.05, 4.69) is 41.8 Å². The quantitative estimate of drug-likeness (QED) is 0.534. The van der Waals surface area contributed by atoms with E-state index in [9.17, 15) is 4.79 Å². The monoisotopic (exact) mass is 360 g/mol. The summed E-state index contributed by atoms with van der Waals surface area (Å²) in [5.41, 5.74) is 1.96. The molecule has 1 aromatic carbocycles. The fraction of sp³-hybridized carbons (Fsp3) is 0.696. The molecule has 0 heterocycles. The SMILES string of the molecule is CC1CCC([N+](C)(C)CC(C)OC(=O)c2ccc(C(C)(C)C)cc2)CC1. The zero-order valence-electron chi connectivity index (χ0n) is 17.8. The highest BCUT2D eigenvalue weighted by Gasteiger charge is 2.33. The van der Waals surface area contributed by atoms with Crippen molar-refractivity contribution in [3.8, 4) is 0 Å². The zero-order chi connectivity index (χ0) is 19.5. The number of carbonyl (C=O) groups excluding carboxylic acids is 1. The standard InChI is InChI=1S/C23H38NO2/c1-17-8-14-21(15-9-17)24(6,7)16-18(2)26-22(25)19-10-12-20(13-11-19)23(3,4)5/h10-13,17-18,21H,8-9,14-16H2,1-7H3/q+1. The van der Waals surface area contributed by atoms with E-state index in [4.69, 9.17) is 4.74 Å². The number of likely N-dealkylation sites (N-methyl/N-ethyl adjacent to an activating group) is 1. The second kappa shape index (κ2) is 8.12. The first kappa shape index (κ1) is 21.0. The number of carbonyl (C=O) groups is 1. The summed E-state index contributed by atoms with van der Waals surface area (Å²) in [6.07, 6.45) is 5.12. The third-order valence-electron chi connectivity index (χ3n) is 6.00. The minimum absolute atomic E-state index is 0.0841. The lowest BCUT2D eigenvalue weighted by molar-refractivity contribution is -0.919. The maximum atomic E-state index is 12.5. The summed E-state index contributed by atoms with van der Waals surface area (Å²) in [4.78, 5) is 12.5. The summed E-state index contributed by atoms with van der Waals surface area (Å²) in [6, 6.07) is 8.52. The van der Waals surface area contributed by atoms with Crippen LogP contribution in [0.3, 0.4) is 0 Å². The maximum absolute atomic E-state index is 12.5. The van der Waals surface area contributed by atoms with Crippen LogP contribution in [0.5, 0.6) is 0 Å². The Morgan fingerprint density at radius 2 is 1.65 bits per heavy atom. The van der Waals surface area contributed by atoms with E-state index in [0.717, 1.165) is 16.9 Å². The number of hydrogen-bond donors (Lipinski definition) is 0. The summed E-state index contributed by atoms with van der Waals surface area (Å²) in [6.45, 7) is 11.8. The van der Waals surface area contributed by atoms with E-state index in [1.807, 2.05) is 31.2 Å². The molecule has 146 valence electrons. The number of benzene rings is 1. The van der Waals surface area contributed by atoms with Crippen LogP contribution >= 0.6 is 0 Å². The predicted octanol–water partition coefficient (Wildman–Crippen LogP) is 5.18. The van der Waals surface area contributed by atoms with Crippen LogP contribution in [-0.4, -0.2) is 43.2 Å². The highest BCUT2D eigenvalue weighted by molar-refractivity contribution is 5.89. The van der Waals surface area contributed by atoms with Crippen LogP contribution in [0.4, 0.5) is 0 Å². The molecule has 1 unspecified atom stereocenters. The van der Waals surface area contributed by atoms with Crippen LogP contribution in [0.25, 0.3) is 0 Å².